The number of aliphatic hydroxyl groups excluding tert-OH is 1. The van der Waals surface area contributed by atoms with Crippen molar-refractivity contribution in [3.63, 3.8) is 0 Å². The molecule has 0 bridgehead atoms. The highest BCUT2D eigenvalue weighted by atomic mass is 16.3. The Labute approximate surface area is 137 Å². The molecule has 1 atom stereocenters. The molecule has 1 aromatic rings. The van der Waals surface area contributed by atoms with E-state index in [-0.39, 0.29) is 18.1 Å². The number of aryl methyl sites for hydroxylation is 2. The van der Waals surface area contributed by atoms with Crippen LogP contribution in [-0.2, 0) is 0 Å². The molecule has 0 radical (unpaired) electrons. The second-order valence-electron chi connectivity index (χ2n) is 7.11. The highest BCUT2D eigenvalue weighted by molar-refractivity contribution is 5.94. The van der Waals surface area contributed by atoms with Crippen molar-refractivity contribution in [2.45, 2.75) is 51.7 Å². The number of hydrogen-bond donors (Lipinski definition) is 3. The molecule has 0 aromatic carbocycles. The number of hydrogen-bond acceptors (Lipinski definition) is 4. The zero-order valence-corrected chi connectivity index (χ0v) is 14.0. The summed E-state index contributed by atoms with van der Waals surface area (Å²) >= 11 is 0. The Kier molecular flexibility index (Phi) is 4.97. The maximum atomic E-state index is 12.7. The first-order valence-electron chi connectivity index (χ1n) is 8.68. The standard InChI is InChI=1S/C18H27N3O2/c1-11-7-15(8-12(2)20-11)18(23)21-17(14-9-16(22)10-14)13-3-5-19-6-4-13/h7-8,13-14,16-17,19,22H,3-6,9-10H2,1-2H3,(H,21,23)/t14?,16?,17-/m0/s1. The molecule has 2 aliphatic rings. The number of rotatable bonds is 4. The van der Waals surface area contributed by atoms with Crippen molar-refractivity contribution in [1.82, 2.24) is 15.6 Å². The van der Waals surface area contributed by atoms with E-state index in [2.05, 4.69) is 15.6 Å². The van der Waals surface area contributed by atoms with Gasteiger partial charge in [-0.1, -0.05) is 0 Å². The summed E-state index contributed by atoms with van der Waals surface area (Å²) < 4.78 is 0. The predicted octanol–water partition coefficient (Wildman–Crippen LogP) is 1.57. The molecule has 5 heteroatoms. The van der Waals surface area contributed by atoms with E-state index in [0.29, 0.717) is 17.4 Å². The number of aromatic nitrogens is 1. The van der Waals surface area contributed by atoms with Crippen LogP contribution in [0.2, 0.25) is 0 Å². The molecule has 0 spiro atoms. The van der Waals surface area contributed by atoms with E-state index in [1.54, 1.807) is 0 Å². The number of amides is 1. The lowest BCUT2D eigenvalue weighted by Gasteiger charge is -2.43. The van der Waals surface area contributed by atoms with Crippen molar-refractivity contribution in [3.8, 4) is 0 Å². The summed E-state index contributed by atoms with van der Waals surface area (Å²) in [7, 11) is 0. The van der Waals surface area contributed by atoms with Crippen LogP contribution in [0.3, 0.4) is 0 Å². The van der Waals surface area contributed by atoms with E-state index < -0.39 is 0 Å². The fraction of sp³-hybridized carbons (Fsp3) is 0.667. The van der Waals surface area contributed by atoms with Gasteiger partial charge >= 0.3 is 0 Å². The van der Waals surface area contributed by atoms with E-state index in [0.717, 1.165) is 50.2 Å². The van der Waals surface area contributed by atoms with Gasteiger partial charge in [-0.2, -0.15) is 0 Å². The Hall–Kier alpha value is -1.46. The van der Waals surface area contributed by atoms with Gasteiger partial charge < -0.3 is 15.7 Å². The lowest BCUT2D eigenvalue weighted by atomic mass is 9.71. The molecule has 1 amide bonds. The molecule has 2 fully saturated rings. The summed E-state index contributed by atoms with van der Waals surface area (Å²) in [6.07, 6.45) is 3.61. The smallest absolute Gasteiger partial charge is 0.251 e. The highest BCUT2D eigenvalue weighted by Crippen LogP contribution is 2.35. The van der Waals surface area contributed by atoms with Crippen molar-refractivity contribution in [3.05, 3.63) is 29.1 Å². The molecule has 126 valence electrons. The molecule has 3 rings (SSSR count). The lowest BCUT2D eigenvalue weighted by Crippen LogP contribution is -2.52. The fourth-order valence-corrected chi connectivity index (χ4v) is 3.95. The van der Waals surface area contributed by atoms with Gasteiger partial charge in [0.05, 0.1) is 6.10 Å². The van der Waals surface area contributed by atoms with Crippen LogP contribution in [0.25, 0.3) is 0 Å². The topological polar surface area (TPSA) is 74.2 Å². The molecule has 1 saturated carbocycles. The maximum Gasteiger partial charge on any atom is 0.251 e. The molecular weight excluding hydrogens is 290 g/mol. The van der Waals surface area contributed by atoms with E-state index in [1.165, 1.54) is 0 Å². The van der Waals surface area contributed by atoms with Crippen LogP contribution in [0.4, 0.5) is 0 Å². The van der Waals surface area contributed by atoms with Crippen molar-refractivity contribution in [2.75, 3.05) is 13.1 Å². The second kappa shape index (κ2) is 6.97. The van der Waals surface area contributed by atoms with Crippen LogP contribution in [0, 0.1) is 25.7 Å². The molecule has 1 aromatic heterocycles. The van der Waals surface area contributed by atoms with Crippen molar-refractivity contribution in [2.24, 2.45) is 11.8 Å². The Morgan fingerprint density at radius 3 is 2.39 bits per heavy atom. The highest BCUT2D eigenvalue weighted by Gasteiger charge is 2.39. The molecule has 1 aliphatic carbocycles. The van der Waals surface area contributed by atoms with Gasteiger partial charge in [0, 0.05) is 23.0 Å². The third kappa shape index (κ3) is 3.90. The van der Waals surface area contributed by atoms with Crippen LogP contribution >= 0.6 is 0 Å². The number of nitrogens with zero attached hydrogens (tertiary/aromatic N) is 1. The normalized spacial score (nSPS) is 26.4. The second-order valence-corrected chi connectivity index (χ2v) is 7.11. The first-order chi connectivity index (χ1) is 11.0. The Morgan fingerprint density at radius 1 is 1.22 bits per heavy atom. The SMILES string of the molecule is Cc1cc(C(=O)N[C@@H](C2CCNCC2)C2CC(O)C2)cc(C)n1. The average molecular weight is 317 g/mol. The van der Waals surface area contributed by atoms with Crippen LogP contribution in [0.15, 0.2) is 12.1 Å². The largest absolute Gasteiger partial charge is 0.393 e. The number of nitrogens with one attached hydrogen (secondary N) is 2. The Morgan fingerprint density at radius 2 is 1.83 bits per heavy atom. The van der Waals surface area contributed by atoms with Crippen LogP contribution < -0.4 is 10.6 Å². The summed E-state index contributed by atoms with van der Waals surface area (Å²) in [6.45, 7) is 5.85. The minimum atomic E-state index is -0.188. The van der Waals surface area contributed by atoms with Gasteiger partial charge in [0.2, 0.25) is 0 Å². The third-order valence-electron chi connectivity index (χ3n) is 5.19. The first-order valence-corrected chi connectivity index (χ1v) is 8.68. The minimum Gasteiger partial charge on any atom is -0.393 e. The van der Waals surface area contributed by atoms with Gasteiger partial charge in [-0.05, 0) is 76.6 Å². The molecule has 1 saturated heterocycles. The van der Waals surface area contributed by atoms with Crippen molar-refractivity contribution in [1.29, 1.82) is 0 Å². The quantitative estimate of drug-likeness (QED) is 0.788. The van der Waals surface area contributed by atoms with E-state index in [1.807, 2.05) is 26.0 Å². The molecule has 23 heavy (non-hydrogen) atoms. The van der Waals surface area contributed by atoms with E-state index >= 15 is 0 Å². The zero-order chi connectivity index (χ0) is 16.4. The molecule has 1 aliphatic heterocycles. The van der Waals surface area contributed by atoms with Gasteiger partial charge in [-0.25, -0.2) is 0 Å². The van der Waals surface area contributed by atoms with Crippen LogP contribution in [0.5, 0.6) is 0 Å². The number of carbonyl (C=O) groups excluding carboxylic acids is 1. The molecule has 0 unspecified atom stereocenters. The molecule has 5 nitrogen and oxygen atoms in total. The van der Waals surface area contributed by atoms with Crippen molar-refractivity contribution < 1.29 is 9.90 Å². The number of aliphatic hydroxyl groups is 1. The summed E-state index contributed by atoms with van der Waals surface area (Å²) in [5, 5.41) is 16.3. The van der Waals surface area contributed by atoms with E-state index in [9.17, 15) is 9.90 Å². The van der Waals surface area contributed by atoms with Crippen molar-refractivity contribution >= 4 is 5.91 Å². The number of piperidine rings is 1. The monoisotopic (exact) mass is 317 g/mol. The first kappa shape index (κ1) is 16.4. The minimum absolute atomic E-state index is 0.0106. The predicted molar refractivity (Wildman–Crippen MR) is 89.3 cm³/mol. The van der Waals surface area contributed by atoms with Crippen LogP contribution in [0.1, 0.15) is 47.4 Å². The maximum absolute atomic E-state index is 12.7. The van der Waals surface area contributed by atoms with E-state index in [4.69, 9.17) is 0 Å². The lowest BCUT2D eigenvalue weighted by molar-refractivity contribution is 0.00919. The van der Waals surface area contributed by atoms with Gasteiger partial charge in [0.15, 0.2) is 0 Å². The summed E-state index contributed by atoms with van der Waals surface area (Å²) in [4.78, 5) is 17.0. The zero-order valence-electron chi connectivity index (χ0n) is 14.0. The van der Waals surface area contributed by atoms with Gasteiger partial charge in [0.25, 0.3) is 5.91 Å². The average Bonchev–Trinajstić information content (AvgIpc) is 2.49. The van der Waals surface area contributed by atoms with Gasteiger partial charge in [-0.15, -0.1) is 0 Å². The fourth-order valence-electron chi connectivity index (χ4n) is 3.95. The molecular formula is C18H27N3O2. The number of carbonyl (C=O) groups is 1. The van der Waals surface area contributed by atoms with Gasteiger partial charge in [0.1, 0.15) is 0 Å². The summed E-state index contributed by atoms with van der Waals surface area (Å²) in [6, 6.07) is 3.86. The Bertz CT molecular complexity index is 543. The molecule has 3 N–H and O–H groups in total. The van der Waals surface area contributed by atoms with Gasteiger partial charge in [-0.3, -0.25) is 9.78 Å². The number of pyridine rings is 1. The summed E-state index contributed by atoms with van der Waals surface area (Å²) in [5.41, 5.74) is 2.43. The Balaban J connectivity index is 1.73. The summed E-state index contributed by atoms with van der Waals surface area (Å²) in [5.74, 6) is 0.895. The van der Waals surface area contributed by atoms with Crippen LogP contribution in [-0.4, -0.2) is 41.2 Å². The molecule has 2 heterocycles. The third-order valence-corrected chi connectivity index (χ3v) is 5.19.